The molecule has 1 aliphatic rings. The lowest BCUT2D eigenvalue weighted by Gasteiger charge is -2.20. The molecule has 0 aromatic heterocycles. The lowest BCUT2D eigenvalue weighted by Crippen LogP contribution is -2.25. The van der Waals surface area contributed by atoms with Crippen LogP contribution in [0.25, 0.3) is 0 Å². The molecule has 0 aliphatic carbocycles. The molecule has 0 spiro atoms. The maximum absolute atomic E-state index is 6.97. The van der Waals surface area contributed by atoms with Crippen molar-refractivity contribution in [3.63, 3.8) is 0 Å². The minimum absolute atomic E-state index is 0.529. The molecule has 12 heavy (non-hydrogen) atoms. The Morgan fingerprint density at radius 2 is 2.25 bits per heavy atom. The molecule has 0 aromatic rings. The second kappa shape index (κ2) is 3.24. The normalized spacial score (nSPS) is 15.8. The molecule has 0 saturated carbocycles. The fourth-order valence-corrected chi connectivity index (χ4v) is 0.839. The first kappa shape index (κ1) is 8.56. The van der Waals surface area contributed by atoms with E-state index in [4.69, 9.17) is 5.41 Å². The van der Waals surface area contributed by atoms with Crippen LogP contribution in [0.3, 0.4) is 0 Å². The van der Waals surface area contributed by atoms with Crippen molar-refractivity contribution in [2.45, 2.75) is 0 Å². The van der Waals surface area contributed by atoms with Crippen molar-refractivity contribution in [3.8, 4) is 0 Å². The van der Waals surface area contributed by atoms with E-state index in [0.717, 1.165) is 5.84 Å². The van der Waals surface area contributed by atoms with Gasteiger partial charge in [-0.05, 0) is 6.08 Å². The minimum atomic E-state index is 0.529. The molecule has 1 heterocycles. The highest BCUT2D eigenvalue weighted by Gasteiger charge is 2.08. The summed E-state index contributed by atoms with van der Waals surface area (Å²) in [5, 5.41) is 6.97. The van der Waals surface area contributed by atoms with Crippen LogP contribution in [0.15, 0.2) is 23.1 Å². The number of hydrogen-bond donors (Lipinski definition) is 1. The number of nitrogens with one attached hydrogen (secondary N) is 1. The Labute approximate surface area is 72.0 Å². The van der Waals surface area contributed by atoms with Gasteiger partial charge >= 0.3 is 0 Å². The van der Waals surface area contributed by atoms with Crippen molar-refractivity contribution in [3.05, 3.63) is 18.1 Å². The third-order valence-corrected chi connectivity index (χ3v) is 1.57. The molecular formula is C8H12N4. The van der Waals surface area contributed by atoms with Crippen LogP contribution in [0, 0.1) is 5.41 Å². The number of amidine groups is 1. The molecule has 1 rings (SSSR count). The molecule has 0 saturated heterocycles. The van der Waals surface area contributed by atoms with Gasteiger partial charge in [-0.2, -0.15) is 0 Å². The molecule has 0 aromatic carbocycles. The first-order chi connectivity index (χ1) is 5.65. The number of nitrogens with zero attached hydrogens (tertiary/aromatic N) is 3. The van der Waals surface area contributed by atoms with E-state index in [2.05, 4.69) is 10.9 Å². The van der Waals surface area contributed by atoms with Crippen LogP contribution in [-0.4, -0.2) is 42.6 Å². The molecule has 0 amide bonds. The minimum Gasteiger partial charge on any atom is -0.363 e. The summed E-state index contributed by atoms with van der Waals surface area (Å²) in [5.41, 5.74) is 0. The molecule has 64 valence electrons. The number of hydrogen-bond acceptors (Lipinski definition) is 4. The van der Waals surface area contributed by atoms with Crippen LogP contribution >= 0.6 is 0 Å². The topological polar surface area (TPSA) is 42.7 Å². The molecule has 4 nitrogen and oxygen atoms in total. The van der Waals surface area contributed by atoms with Gasteiger partial charge in [-0.1, -0.05) is 0 Å². The van der Waals surface area contributed by atoms with Gasteiger partial charge in [0.15, 0.2) is 5.82 Å². The summed E-state index contributed by atoms with van der Waals surface area (Å²) < 4.78 is 0. The van der Waals surface area contributed by atoms with Crippen molar-refractivity contribution >= 4 is 11.7 Å². The first-order valence-electron chi connectivity index (χ1n) is 3.62. The van der Waals surface area contributed by atoms with Gasteiger partial charge in [0.05, 0.1) is 0 Å². The summed E-state index contributed by atoms with van der Waals surface area (Å²) in [6.07, 6.45) is 3.75. The van der Waals surface area contributed by atoms with Gasteiger partial charge in [0.2, 0.25) is 0 Å². The maximum atomic E-state index is 6.97. The van der Waals surface area contributed by atoms with Gasteiger partial charge in [0.25, 0.3) is 0 Å². The summed E-state index contributed by atoms with van der Waals surface area (Å²) in [7, 11) is 5.66. The van der Waals surface area contributed by atoms with E-state index in [1.54, 1.807) is 4.90 Å². The van der Waals surface area contributed by atoms with Gasteiger partial charge in [-0.25, -0.2) is 4.99 Å². The molecule has 0 fully saturated rings. The van der Waals surface area contributed by atoms with E-state index < -0.39 is 0 Å². The molecule has 0 unspecified atom stereocenters. The standard InChI is InChI=1S/C8H12N4/c1-11(2)7-4-5-12(3)8(6-9)10-7/h4-5,9H,1-3H3. The fourth-order valence-electron chi connectivity index (χ4n) is 0.839. The molecule has 1 aliphatic heterocycles. The highest BCUT2D eigenvalue weighted by Crippen LogP contribution is 2.07. The lowest BCUT2D eigenvalue weighted by atomic mass is 10.4. The maximum Gasteiger partial charge on any atom is 0.197 e. The van der Waals surface area contributed by atoms with Crippen LogP contribution in [0.4, 0.5) is 0 Å². The quantitative estimate of drug-likeness (QED) is 0.530. The Kier molecular flexibility index (Phi) is 2.31. The van der Waals surface area contributed by atoms with Crippen LogP contribution in [0.2, 0.25) is 0 Å². The van der Waals surface area contributed by atoms with Crippen molar-refractivity contribution in [2.24, 2.45) is 4.99 Å². The van der Waals surface area contributed by atoms with Gasteiger partial charge < -0.3 is 9.80 Å². The summed E-state index contributed by atoms with van der Waals surface area (Å²) in [6.45, 7) is 0. The summed E-state index contributed by atoms with van der Waals surface area (Å²) in [6, 6.07) is 0. The molecule has 0 atom stereocenters. The summed E-state index contributed by atoms with van der Waals surface area (Å²) in [5.74, 6) is 3.63. The molecule has 1 N–H and O–H groups in total. The average Bonchev–Trinajstić information content (AvgIpc) is 2.05. The Morgan fingerprint density at radius 1 is 1.58 bits per heavy atom. The van der Waals surface area contributed by atoms with E-state index in [1.807, 2.05) is 38.3 Å². The van der Waals surface area contributed by atoms with Gasteiger partial charge in [-0.15, -0.1) is 0 Å². The van der Waals surface area contributed by atoms with E-state index in [-0.39, 0.29) is 0 Å². The second-order valence-corrected chi connectivity index (χ2v) is 2.74. The van der Waals surface area contributed by atoms with E-state index in [0.29, 0.717) is 5.82 Å². The van der Waals surface area contributed by atoms with Crippen LogP contribution in [-0.2, 0) is 0 Å². The van der Waals surface area contributed by atoms with Crippen LogP contribution in [0.1, 0.15) is 0 Å². The predicted molar refractivity (Wildman–Crippen MR) is 49.3 cm³/mol. The predicted octanol–water partition coefficient (Wildman–Crippen LogP) is 0.495. The zero-order valence-electron chi connectivity index (χ0n) is 7.50. The summed E-state index contributed by atoms with van der Waals surface area (Å²) in [4.78, 5) is 7.82. The number of aliphatic imine (C=N–C) groups is 1. The van der Waals surface area contributed by atoms with E-state index >= 15 is 0 Å². The highest BCUT2D eigenvalue weighted by molar-refractivity contribution is 5.94. The van der Waals surface area contributed by atoms with E-state index in [1.165, 1.54) is 0 Å². The zero-order chi connectivity index (χ0) is 9.14. The Balaban J connectivity index is 2.96. The highest BCUT2D eigenvalue weighted by atomic mass is 15.2. The summed E-state index contributed by atoms with van der Waals surface area (Å²) >= 11 is 0. The van der Waals surface area contributed by atoms with Crippen molar-refractivity contribution in [1.29, 1.82) is 5.41 Å². The van der Waals surface area contributed by atoms with Gasteiger partial charge in [0, 0.05) is 33.2 Å². The van der Waals surface area contributed by atoms with Gasteiger partial charge in [0.1, 0.15) is 5.84 Å². The van der Waals surface area contributed by atoms with Gasteiger partial charge in [-0.3, -0.25) is 5.41 Å². The zero-order valence-corrected chi connectivity index (χ0v) is 7.50. The van der Waals surface area contributed by atoms with Crippen LogP contribution in [0.5, 0.6) is 0 Å². The lowest BCUT2D eigenvalue weighted by molar-refractivity contribution is 0.546. The average molecular weight is 164 g/mol. The Hall–Kier alpha value is -1.54. The Morgan fingerprint density at radius 3 is 2.75 bits per heavy atom. The fraction of sp³-hybridized carbons (Fsp3) is 0.375. The van der Waals surface area contributed by atoms with Crippen molar-refractivity contribution in [1.82, 2.24) is 9.80 Å². The van der Waals surface area contributed by atoms with Crippen LogP contribution < -0.4 is 0 Å². The molecular weight excluding hydrogens is 152 g/mol. The molecule has 0 radical (unpaired) electrons. The molecule has 4 heteroatoms. The third kappa shape index (κ3) is 1.54. The van der Waals surface area contributed by atoms with Crippen molar-refractivity contribution in [2.75, 3.05) is 21.1 Å². The second-order valence-electron chi connectivity index (χ2n) is 2.74. The monoisotopic (exact) mass is 164 g/mol. The SMILES string of the molecule is CN(C)C1=NC(=C=N)N(C)C=C1. The smallest absolute Gasteiger partial charge is 0.197 e. The number of rotatable bonds is 0. The first-order valence-corrected chi connectivity index (χ1v) is 3.62. The Bertz CT molecular complexity index is 281. The third-order valence-electron chi connectivity index (χ3n) is 1.57. The van der Waals surface area contributed by atoms with E-state index in [9.17, 15) is 0 Å². The largest absolute Gasteiger partial charge is 0.363 e. The van der Waals surface area contributed by atoms with Crippen molar-refractivity contribution < 1.29 is 0 Å². The number of likely N-dealkylation sites (N-methyl/N-ethyl adjacent to an activating group) is 1. The molecule has 0 bridgehead atoms.